The Morgan fingerprint density at radius 3 is 1.59 bits per heavy atom. The lowest BCUT2D eigenvalue weighted by Gasteiger charge is -2.08. The van der Waals surface area contributed by atoms with Gasteiger partial charge in [-0.05, 0) is 72.8 Å². The molecule has 51 heavy (non-hydrogen) atoms. The molecule has 6 heteroatoms. The van der Waals surface area contributed by atoms with Crippen molar-refractivity contribution in [2.24, 2.45) is 0 Å². The van der Waals surface area contributed by atoms with Crippen LogP contribution in [0.4, 0.5) is 0 Å². The summed E-state index contributed by atoms with van der Waals surface area (Å²) in [7, 11) is 0. The first-order valence-corrected chi connectivity index (χ1v) is 17.8. The van der Waals surface area contributed by atoms with E-state index in [1.807, 2.05) is 12.4 Å². The van der Waals surface area contributed by atoms with E-state index in [1.54, 1.807) is 11.3 Å². The van der Waals surface area contributed by atoms with E-state index in [-0.39, 0.29) is 0 Å². The van der Waals surface area contributed by atoms with E-state index < -0.39 is 0 Å². The van der Waals surface area contributed by atoms with Gasteiger partial charge in [0, 0.05) is 61.8 Å². The number of rotatable bonds is 4. The van der Waals surface area contributed by atoms with Gasteiger partial charge in [-0.2, -0.15) is 0 Å². The standard InChI is InChI=1S/C45H27N5S/c1-3-11-30(12-4-1)49-38-17-9-7-15-32(38)34-23-28(19-21-40(34)49)37-25-36-42(26-46-37)51-43-27-47-45(48-44(36)43)29-20-22-41-35(24-29)33-16-8-10-18-39(33)50(41)31-13-5-2-6-14-31/h1-27H. The summed E-state index contributed by atoms with van der Waals surface area (Å²) in [6, 6.07) is 53.8. The van der Waals surface area contributed by atoms with Crippen molar-refractivity contribution in [2.45, 2.75) is 0 Å². The molecule has 6 aromatic carbocycles. The van der Waals surface area contributed by atoms with Crippen molar-refractivity contribution in [3.8, 4) is 34.0 Å². The molecule has 0 aliphatic heterocycles. The molecule has 0 saturated carbocycles. The molecule has 0 radical (unpaired) electrons. The van der Waals surface area contributed by atoms with Crippen LogP contribution in [-0.4, -0.2) is 24.1 Å². The van der Waals surface area contributed by atoms with E-state index >= 15 is 0 Å². The third-order valence-electron chi connectivity index (χ3n) is 10.0. The van der Waals surface area contributed by atoms with Crippen molar-refractivity contribution in [3.63, 3.8) is 0 Å². The van der Waals surface area contributed by atoms with Gasteiger partial charge in [0.2, 0.25) is 0 Å². The summed E-state index contributed by atoms with van der Waals surface area (Å²) in [4.78, 5) is 15.0. The summed E-state index contributed by atoms with van der Waals surface area (Å²) < 4.78 is 6.82. The predicted octanol–water partition coefficient (Wildman–Crippen LogP) is 11.8. The van der Waals surface area contributed by atoms with Crippen LogP contribution >= 0.6 is 11.3 Å². The maximum absolute atomic E-state index is 5.21. The molecule has 0 aliphatic rings. The lowest BCUT2D eigenvalue weighted by atomic mass is 10.1. The molecule has 0 spiro atoms. The summed E-state index contributed by atoms with van der Waals surface area (Å²) in [6.07, 6.45) is 3.95. The molecule has 238 valence electrons. The Hall–Kier alpha value is -6.63. The number of pyridine rings is 1. The Bertz CT molecular complexity index is 2920. The molecule has 5 aromatic heterocycles. The number of aromatic nitrogens is 5. The van der Waals surface area contributed by atoms with Crippen molar-refractivity contribution >= 4 is 75.3 Å². The molecule has 0 saturated heterocycles. The van der Waals surface area contributed by atoms with Gasteiger partial charge in [0.15, 0.2) is 5.82 Å². The fourth-order valence-corrected chi connectivity index (χ4v) is 8.68. The van der Waals surface area contributed by atoms with Crippen LogP contribution in [-0.2, 0) is 0 Å². The minimum absolute atomic E-state index is 0.717. The topological polar surface area (TPSA) is 48.5 Å². The maximum atomic E-state index is 5.21. The first-order chi connectivity index (χ1) is 25.3. The highest BCUT2D eigenvalue weighted by Gasteiger charge is 2.17. The summed E-state index contributed by atoms with van der Waals surface area (Å²) in [5, 5.41) is 5.91. The molecule has 5 heterocycles. The summed E-state index contributed by atoms with van der Waals surface area (Å²) in [5.41, 5.74) is 11.0. The molecule has 0 atom stereocenters. The average Bonchev–Trinajstić information content (AvgIpc) is 3.85. The number of hydrogen-bond donors (Lipinski definition) is 0. The monoisotopic (exact) mass is 669 g/mol. The Kier molecular flexibility index (Phi) is 6.05. The zero-order valence-corrected chi connectivity index (χ0v) is 28.0. The van der Waals surface area contributed by atoms with Crippen LogP contribution in [0.5, 0.6) is 0 Å². The molecule has 5 nitrogen and oxygen atoms in total. The molecular formula is C45H27N5S. The number of nitrogens with zero attached hydrogens (tertiary/aromatic N) is 5. The van der Waals surface area contributed by atoms with Crippen LogP contribution in [0, 0.1) is 0 Å². The van der Waals surface area contributed by atoms with Gasteiger partial charge in [-0.3, -0.25) is 4.98 Å². The SMILES string of the molecule is c1ccc(-n2c3ccccc3c3cc(-c4cc5c(cn4)sc4cnc(-c6ccc7c(c6)c6ccccc6n7-c6ccccc6)nc45)ccc32)cc1. The van der Waals surface area contributed by atoms with Crippen LogP contribution in [0.2, 0.25) is 0 Å². The number of hydrogen-bond acceptors (Lipinski definition) is 4. The fourth-order valence-electron chi connectivity index (χ4n) is 7.72. The minimum Gasteiger partial charge on any atom is -0.309 e. The van der Waals surface area contributed by atoms with Crippen LogP contribution in [0.3, 0.4) is 0 Å². The Balaban J connectivity index is 1.04. The number of fused-ring (bicyclic) bond motifs is 9. The van der Waals surface area contributed by atoms with E-state index in [2.05, 4.69) is 161 Å². The molecule has 0 unspecified atom stereocenters. The molecular weight excluding hydrogens is 643 g/mol. The largest absolute Gasteiger partial charge is 0.309 e. The maximum Gasteiger partial charge on any atom is 0.159 e. The predicted molar refractivity (Wildman–Crippen MR) is 212 cm³/mol. The zero-order valence-electron chi connectivity index (χ0n) is 27.2. The molecule has 11 aromatic rings. The van der Waals surface area contributed by atoms with Gasteiger partial charge in [0.1, 0.15) is 0 Å². The molecule has 0 N–H and O–H groups in total. The van der Waals surface area contributed by atoms with Crippen molar-refractivity contribution < 1.29 is 0 Å². The fraction of sp³-hybridized carbons (Fsp3) is 0. The number of thiophene rings is 1. The van der Waals surface area contributed by atoms with E-state index in [4.69, 9.17) is 15.0 Å². The zero-order chi connectivity index (χ0) is 33.5. The lowest BCUT2D eigenvalue weighted by Crippen LogP contribution is -1.93. The molecule has 0 aliphatic carbocycles. The summed E-state index contributed by atoms with van der Waals surface area (Å²) >= 11 is 1.69. The second-order valence-corrected chi connectivity index (χ2v) is 14.0. The third-order valence-corrected chi connectivity index (χ3v) is 11.1. The number of para-hydroxylation sites is 4. The number of benzene rings is 6. The first-order valence-electron chi connectivity index (χ1n) is 17.0. The second-order valence-electron chi connectivity index (χ2n) is 12.9. The van der Waals surface area contributed by atoms with Crippen LogP contribution < -0.4 is 0 Å². The highest BCUT2D eigenvalue weighted by atomic mass is 32.1. The molecule has 11 rings (SSSR count). The van der Waals surface area contributed by atoms with E-state index in [0.29, 0.717) is 5.82 Å². The summed E-state index contributed by atoms with van der Waals surface area (Å²) in [5.74, 6) is 0.717. The van der Waals surface area contributed by atoms with Crippen molar-refractivity contribution in [2.75, 3.05) is 0 Å². The average molecular weight is 670 g/mol. The van der Waals surface area contributed by atoms with Gasteiger partial charge in [-0.15, -0.1) is 11.3 Å². The first kappa shape index (κ1) is 28.2. The third kappa shape index (κ3) is 4.30. The van der Waals surface area contributed by atoms with E-state index in [0.717, 1.165) is 54.0 Å². The molecule has 0 fully saturated rings. The minimum atomic E-state index is 0.717. The Morgan fingerprint density at radius 2 is 0.941 bits per heavy atom. The van der Waals surface area contributed by atoms with Crippen LogP contribution in [0.15, 0.2) is 164 Å². The van der Waals surface area contributed by atoms with Crippen molar-refractivity contribution in [1.29, 1.82) is 0 Å². The second kappa shape index (κ2) is 10.9. The van der Waals surface area contributed by atoms with Gasteiger partial charge in [-0.25, -0.2) is 9.97 Å². The molecule has 0 bridgehead atoms. The van der Waals surface area contributed by atoms with E-state index in [1.165, 1.54) is 38.1 Å². The van der Waals surface area contributed by atoms with Gasteiger partial charge in [-0.1, -0.05) is 78.9 Å². The van der Waals surface area contributed by atoms with Gasteiger partial charge >= 0.3 is 0 Å². The van der Waals surface area contributed by atoms with Crippen molar-refractivity contribution in [3.05, 3.63) is 164 Å². The highest BCUT2D eigenvalue weighted by molar-refractivity contribution is 7.25. The van der Waals surface area contributed by atoms with Gasteiger partial charge in [0.05, 0.1) is 42.7 Å². The Morgan fingerprint density at radius 1 is 0.412 bits per heavy atom. The lowest BCUT2D eigenvalue weighted by molar-refractivity contribution is 1.18. The van der Waals surface area contributed by atoms with Crippen LogP contribution in [0.25, 0.3) is 97.9 Å². The normalized spacial score (nSPS) is 11.9. The van der Waals surface area contributed by atoms with Crippen LogP contribution in [0.1, 0.15) is 0 Å². The van der Waals surface area contributed by atoms with Crippen molar-refractivity contribution in [1.82, 2.24) is 24.1 Å². The molecule has 0 amide bonds. The van der Waals surface area contributed by atoms with Gasteiger partial charge in [0.25, 0.3) is 0 Å². The highest BCUT2D eigenvalue weighted by Crippen LogP contribution is 2.39. The smallest absolute Gasteiger partial charge is 0.159 e. The van der Waals surface area contributed by atoms with E-state index in [9.17, 15) is 0 Å². The van der Waals surface area contributed by atoms with Gasteiger partial charge < -0.3 is 9.13 Å². The quantitative estimate of drug-likeness (QED) is 0.187. The Labute approximate surface area is 296 Å². The summed E-state index contributed by atoms with van der Waals surface area (Å²) in [6.45, 7) is 0.